The predicted molar refractivity (Wildman–Crippen MR) is 78.1 cm³/mol. The molecule has 1 atom stereocenters. The summed E-state index contributed by atoms with van der Waals surface area (Å²) in [6.45, 7) is 1.35. The first-order valence-corrected chi connectivity index (χ1v) is 7.68. The maximum atomic E-state index is 11.2. The van der Waals surface area contributed by atoms with Crippen LogP contribution in [0.3, 0.4) is 0 Å². The van der Waals surface area contributed by atoms with Crippen LogP contribution in [0.25, 0.3) is 0 Å². The first-order valence-electron chi connectivity index (χ1n) is 6.87. The second-order valence-corrected chi connectivity index (χ2v) is 5.98. The number of furan rings is 1. The lowest BCUT2D eigenvalue weighted by molar-refractivity contribution is -0.142. The monoisotopic (exact) mass is 304 g/mol. The minimum Gasteiger partial charge on any atom is -0.480 e. The second kappa shape index (κ2) is 6.32. The van der Waals surface area contributed by atoms with Crippen LogP contribution in [0.15, 0.2) is 51.1 Å². The van der Waals surface area contributed by atoms with E-state index < -0.39 is 5.97 Å². The van der Waals surface area contributed by atoms with Crippen molar-refractivity contribution in [3.8, 4) is 0 Å². The van der Waals surface area contributed by atoms with Crippen molar-refractivity contribution < 1.29 is 14.3 Å². The molecule has 0 unspecified atom stereocenters. The summed E-state index contributed by atoms with van der Waals surface area (Å²) in [5, 5.41) is 10.8. The lowest BCUT2D eigenvalue weighted by Gasteiger charge is -2.19. The molecule has 21 heavy (non-hydrogen) atoms. The van der Waals surface area contributed by atoms with Crippen molar-refractivity contribution in [1.82, 2.24) is 9.88 Å². The quantitative estimate of drug-likeness (QED) is 0.916. The SMILES string of the molecule is O=C(O)[C@@H]1CCCN1Cc1ccc(Sc2ccccn2)o1. The first kappa shape index (κ1) is 14.2. The van der Waals surface area contributed by atoms with Crippen LogP contribution in [-0.4, -0.2) is 33.5 Å². The molecule has 2 aromatic rings. The number of carboxylic acid groups (broad SMARTS) is 1. The Hall–Kier alpha value is -1.79. The molecule has 0 saturated carbocycles. The molecule has 6 heteroatoms. The van der Waals surface area contributed by atoms with Crippen LogP contribution in [0.4, 0.5) is 0 Å². The molecule has 0 amide bonds. The van der Waals surface area contributed by atoms with Crippen molar-refractivity contribution in [3.63, 3.8) is 0 Å². The number of aliphatic carboxylic acids is 1. The highest BCUT2D eigenvalue weighted by Gasteiger charge is 2.30. The zero-order valence-corrected chi connectivity index (χ0v) is 12.3. The van der Waals surface area contributed by atoms with Gasteiger partial charge in [-0.1, -0.05) is 6.07 Å². The van der Waals surface area contributed by atoms with Gasteiger partial charge in [0.15, 0.2) is 5.09 Å². The second-order valence-electron chi connectivity index (χ2n) is 4.96. The maximum absolute atomic E-state index is 11.2. The van der Waals surface area contributed by atoms with Gasteiger partial charge >= 0.3 is 5.97 Å². The van der Waals surface area contributed by atoms with E-state index in [4.69, 9.17) is 4.42 Å². The van der Waals surface area contributed by atoms with E-state index in [-0.39, 0.29) is 6.04 Å². The zero-order chi connectivity index (χ0) is 14.7. The van der Waals surface area contributed by atoms with E-state index in [0.717, 1.165) is 28.8 Å². The Labute approximate surface area is 127 Å². The normalized spacial score (nSPS) is 19.0. The van der Waals surface area contributed by atoms with Crippen molar-refractivity contribution in [2.45, 2.75) is 35.5 Å². The number of carbonyl (C=O) groups is 1. The summed E-state index contributed by atoms with van der Waals surface area (Å²) < 4.78 is 5.77. The van der Waals surface area contributed by atoms with Crippen molar-refractivity contribution in [2.24, 2.45) is 0 Å². The van der Waals surface area contributed by atoms with E-state index >= 15 is 0 Å². The summed E-state index contributed by atoms with van der Waals surface area (Å²) in [7, 11) is 0. The predicted octanol–water partition coefficient (Wildman–Crippen LogP) is 2.87. The first-order chi connectivity index (χ1) is 10.2. The number of pyridine rings is 1. The van der Waals surface area contributed by atoms with Gasteiger partial charge in [0.25, 0.3) is 0 Å². The molecule has 3 rings (SSSR count). The van der Waals surface area contributed by atoms with Gasteiger partial charge in [-0.2, -0.15) is 0 Å². The molecule has 1 aliphatic rings. The number of aromatic nitrogens is 1. The molecule has 5 nitrogen and oxygen atoms in total. The van der Waals surface area contributed by atoms with Crippen LogP contribution in [0.5, 0.6) is 0 Å². The molecule has 0 radical (unpaired) electrons. The summed E-state index contributed by atoms with van der Waals surface area (Å²) >= 11 is 1.46. The summed E-state index contributed by atoms with van der Waals surface area (Å²) in [6, 6.07) is 9.15. The van der Waals surface area contributed by atoms with Crippen molar-refractivity contribution in [1.29, 1.82) is 0 Å². The Morgan fingerprint density at radius 3 is 3.10 bits per heavy atom. The molecule has 110 valence electrons. The number of hydrogen-bond acceptors (Lipinski definition) is 5. The molecule has 1 aliphatic heterocycles. The third kappa shape index (κ3) is 3.46. The van der Waals surface area contributed by atoms with Crippen LogP contribution in [0.1, 0.15) is 18.6 Å². The van der Waals surface area contributed by atoms with Crippen molar-refractivity contribution in [2.75, 3.05) is 6.54 Å². The van der Waals surface area contributed by atoms with Gasteiger partial charge in [-0.25, -0.2) is 4.98 Å². The maximum Gasteiger partial charge on any atom is 0.320 e. The summed E-state index contributed by atoms with van der Waals surface area (Å²) in [5.74, 6) is 0.0451. The topological polar surface area (TPSA) is 66.6 Å². The largest absolute Gasteiger partial charge is 0.480 e. The van der Waals surface area contributed by atoms with Gasteiger partial charge < -0.3 is 9.52 Å². The zero-order valence-electron chi connectivity index (χ0n) is 11.4. The van der Waals surface area contributed by atoms with Gasteiger partial charge in [0, 0.05) is 6.20 Å². The van der Waals surface area contributed by atoms with Gasteiger partial charge in [-0.15, -0.1) is 0 Å². The summed E-state index contributed by atoms with van der Waals surface area (Å²) in [5.41, 5.74) is 0. The molecule has 1 N–H and O–H groups in total. The molecule has 0 spiro atoms. The minimum atomic E-state index is -0.748. The van der Waals surface area contributed by atoms with Gasteiger partial charge in [0.2, 0.25) is 0 Å². The molecule has 1 fully saturated rings. The molecule has 0 aromatic carbocycles. The van der Waals surface area contributed by atoms with Gasteiger partial charge in [-0.05, 0) is 55.4 Å². The number of rotatable bonds is 5. The standard InChI is InChI=1S/C15H16N2O3S/c18-15(19)12-4-3-9-17(12)10-11-6-7-14(20-11)21-13-5-1-2-8-16-13/h1-2,5-8,12H,3-4,9-10H2,(H,18,19)/t12-/m0/s1. The number of carboxylic acids is 1. The third-order valence-electron chi connectivity index (χ3n) is 3.49. The van der Waals surface area contributed by atoms with Gasteiger partial charge in [0.05, 0.1) is 6.54 Å². The summed E-state index contributed by atoms with van der Waals surface area (Å²) in [4.78, 5) is 17.4. The van der Waals surface area contributed by atoms with Crippen LogP contribution in [0, 0.1) is 0 Å². The highest BCUT2D eigenvalue weighted by Crippen LogP contribution is 2.29. The van der Waals surface area contributed by atoms with Crippen LogP contribution in [0.2, 0.25) is 0 Å². The Kier molecular flexibility index (Phi) is 4.26. The Morgan fingerprint density at radius 1 is 1.43 bits per heavy atom. The summed E-state index contributed by atoms with van der Waals surface area (Å²) in [6.07, 6.45) is 3.38. The average Bonchev–Trinajstić information content (AvgIpc) is 3.10. The average molecular weight is 304 g/mol. The van der Waals surface area contributed by atoms with E-state index in [9.17, 15) is 9.90 Å². The van der Waals surface area contributed by atoms with Crippen LogP contribution < -0.4 is 0 Å². The third-order valence-corrected chi connectivity index (χ3v) is 4.36. The molecule has 3 heterocycles. The number of nitrogens with zero attached hydrogens (tertiary/aromatic N) is 2. The fraction of sp³-hybridized carbons (Fsp3) is 0.333. The lowest BCUT2D eigenvalue weighted by Crippen LogP contribution is -2.35. The van der Waals surface area contributed by atoms with Crippen LogP contribution in [-0.2, 0) is 11.3 Å². The number of likely N-dealkylation sites (tertiary alicyclic amines) is 1. The van der Waals surface area contributed by atoms with E-state index in [1.54, 1.807) is 6.20 Å². The van der Waals surface area contributed by atoms with E-state index in [0.29, 0.717) is 13.0 Å². The van der Waals surface area contributed by atoms with Gasteiger partial charge in [-0.3, -0.25) is 9.69 Å². The Balaban J connectivity index is 1.64. The Bertz CT molecular complexity index is 614. The van der Waals surface area contributed by atoms with Crippen LogP contribution >= 0.6 is 11.8 Å². The molecule has 0 bridgehead atoms. The smallest absolute Gasteiger partial charge is 0.320 e. The molecule has 0 aliphatic carbocycles. The number of hydrogen-bond donors (Lipinski definition) is 1. The van der Waals surface area contributed by atoms with Gasteiger partial charge in [0.1, 0.15) is 16.8 Å². The highest BCUT2D eigenvalue weighted by molar-refractivity contribution is 7.99. The lowest BCUT2D eigenvalue weighted by atomic mass is 10.2. The fourth-order valence-corrected chi connectivity index (χ4v) is 3.25. The van der Waals surface area contributed by atoms with E-state index in [1.807, 2.05) is 35.2 Å². The molecular formula is C15H16N2O3S. The van der Waals surface area contributed by atoms with Crippen molar-refractivity contribution in [3.05, 3.63) is 42.3 Å². The highest BCUT2D eigenvalue weighted by atomic mass is 32.2. The molecule has 2 aromatic heterocycles. The molecular weight excluding hydrogens is 288 g/mol. The van der Waals surface area contributed by atoms with Crippen molar-refractivity contribution >= 4 is 17.7 Å². The fourth-order valence-electron chi connectivity index (χ4n) is 2.50. The van der Waals surface area contributed by atoms with E-state index in [1.165, 1.54) is 11.8 Å². The minimum absolute atomic E-state index is 0.387. The van der Waals surface area contributed by atoms with E-state index in [2.05, 4.69) is 4.98 Å². The Morgan fingerprint density at radius 2 is 2.33 bits per heavy atom. The molecule has 1 saturated heterocycles.